The second-order valence-electron chi connectivity index (χ2n) is 4.89. The van der Waals surface area contributed by atoms with E-state index < -0.39 is 0 Å². The van der Waals surface area contributed by atoms with Crippen LogP contribution in [0, 0.1) is 11.8 Å². The third kappa shape index (κ3) is 3.11. The summed E-state index contributed by atoms with van der Waals surface area (Å²) in [6, 6.07) is 0. The van der Waals surface area contributed by atoms with E-state index in [1.165, 1.54) is 25.7 Å². The average molecular weight is 247 g/mol. The van der Waals surface area contributed by atoms with Gasteiger partial charge in [-0.25, -0.2) is 0 Å². The quantitative estimate of drug-likeness (QED) is 0.804. The molecule has 0 aromatic rings. The molecule has 1 amide bonds. The molecule has 3 nitrogen and oxygen atoms in total. The summed E-state index contributed by atoms with van der Waals surface area (Å²) in [7, 11) is 0. The summed E-state index contributed by atoms with van der Waals surface area (Å²) in [5.41, 5.74) is 0. The van der Waals surface area contributed by atoms with E-state index >= 15 is 0 Å². The SMILES string of the molecule is CCC1CCCN(C(=O)C2CNC2)CC1.Cl. The second-order valence-corrected chi connectivity index (χ2v) is 4.89. The first-order valence-electron chi connectivity index (χ1n) is 6.30. The van der Waals surface area contributed by atoms with Gasteiger partial charge in [-0.05, 0) is 25.2 Å². The third-order valence-electron chi connectivity index (χ3n) is 3.87. The maximum Gasteiger partial charge on any atom is 0.228 e. The molecular formula is C12H23ClN2O. The van der Waals surface area contributed by atoms with Crippen molar-refractivity contribution >= 4 is 18.3 Å². The molecule has 4 heteroatoms. The monoisotopic (exact) mass is 246 g/mol. The molecular weight excluding hydrogens is 224 g/mol. The topological polar surface area (TPSA) is 32.3 Å². The Bertz CT molecular complexity index is 231. The van der Waals surface area contributed by atoms with E-state index in [4.69, 9.17) is 0 Å². The normalized spacial score (nSPS) is 26.6. The lowest BCUT2D eigenvalue weighted by molar-refractivity contribution is -0.137. The molecule has 0 spiro atoms. The molecule has 2 saturated heterocycles. The van der Waals surface area contributed by atoms with Crippen molar-refractivity contribution < 1.29 is 4.79 Å². The molecule has 0 bridgehead atoms. The summed E-state index contributed by atoms with van der Waals surface area (Å²) in [5.74, 6) is 1.52. The van der Waals surface area contributed by atoms with Crippen molar-refractivity contribution in [2.24, 2.45) is 11.8 Å². The van der Waals surface area contributed by atoms with Crippen LogP contribution in [-0.4, -0.2) is 37.0 Å². The minimum absolute atomic E-state index is 0. The summed E-state index contributed by atoms with van der Waals surface area (Å²) in [6.45, 7) is 6.04. The van der Waals surface area contributed by atoms with E-state index in [9.17, 15) is 4.79 Å². The van der Waals surface area contributed by atoms with E-state index in [0.29, 0.717) is 5.91 Å². The van der Waals surface area contributed by atoms with Crippen molar-refractivity contribution in [3.05, 3.63) is 0 Å². The summed E-state index contributed by atoms with van der Waals surface area (Å²) >= 11 is 0. The fourth-order valence-electron chi connectivity index (χ4n) is 2.52. The number of likely N-dealkylation sites (tertiary alicyclic amines) is 1. The van der Waals surface area contributed by atoms with Gasteiger partial charge in [0, 0.05) is 26.2 Å². The van der Waals surface area contributed by atoms with Crippen LogP contribution in [0.4, 0.5) is 0 Å². The number of carbonyl (C=O) groups is 1. The van der Waals surface area contributed by atoms with E-state index in [1.807, 2.05) is 0 Å². The van der Waals surface area contributed by atoms with Gasteiger partial charge >= 0.3 is 0 Å². The number of rotatable bonds is 2. The zero-order valence-electron chi connectivity index (χ0n) is 10.1. The number of carbonyl (C=O) groups excluding carboxylic acids is 1. The molecule has 16 heavy (non-hydrogen) atoms. The van der Waals surface area contributed by atoms with Gasteiger partial charge in [0.05, 0.1) is 5.92 Å². The number of hydrogen-bond donors (Lipinski definition) is 1. The molecule has 1 atom stereocenters. The van der Waals surface area contributed by atoms with Crippen LogP contribution < -0.4 is 5.32 Å². The highest BCUT2D eigenvalue weighted by atomic mass is 35.5. The zero-order valence-corrected chi connectivity index (χ0v) is 10.9. The van der Waals surface area contributed by atoms with Crippen LogP contribution >= 0.6 is 12.4 Å². The molecule has 2 rings (SSSR count). The van der Waals surface area contributed by atoms with Gasteiger partial charge in [0.1, 0.15) is 0 Å². The van der Waals surface area contributed by atoms with Crippen molar-refractivity contribution in [3.8, 4) is 0 Å². The first-order valence-corrected chi connectivity index (χ1v) is 6.30. The Morgan fingerprint density at radius 1 is 1.31 bits per heavy atom. The number of nitrogens with zero attached hydrogens (tertiary/aromatic N) is 1. The number of amides is 1. The van der Waals surface area contributed by atoms with Gasteiger partial charge in [0.2, 0.25) is 5.91 Å². The van der Waals surface area contributed by atoms with Gasteiger partial charge in [0.25, 0.3) is 0 Å². The first-order chi connectivity index (χ1) is 7.31. The standard InChI is InChI=1S/C12H22N2O.ClH/c1-2-10-4-3-6-14(7-5-10)12(15)11-8-13-9-11;/h10-11,13H,2-9H2,1H3;1H. The minimum atomic E-state index is 0. The smallest absolute Gasteiger partial charge is 0.228 e. The largest absolute Gasteiger partial charge is 0.342 e. The predicted molar refractivity (Wildman–Crippen MR) is 67.8 cm³/mol. The van der Waals surface area contributed by atoms with Gasteiger partial charge < -0.3 is 10.2 Å². The molecule has 2 fully saturated rings. The van der Waals surface area contributed by atoms with Gasteiger partial charge in [-0.2, -0.15) is 0 Å². The van der Waals surface area contributed by atoms with Crippen molar-refractivity contribution in [2.75, 3.05) is 26.2 Å². The maximum atomic E-state index is 12.0. The van der Waals surface area contributed by atoms with Crippen LogP contribution in [0.1, 0.15) is 32.6 Å². The molecule has 2 aliphatic rings. The Hall–Kier alpha value is -0.280. The van der Waals surface area contributed by atoms with Crippen LogP contribution in [0.15, 0.2) is 0 Å². The second kappa shape index (κ2) is 6.45. The lowest BCUT2D eigenvalue weighted by Crippen LogP contribution is -2.52. The molecule has 94 valence electrons. The third-order valence-corrected chi connectivity index (χ3v) is 3.87. The predicted octanol–water partition coefficient (Wildman–Crippen LogP) is 1.67. The van der Waals surface area contributed by atoms with Crippen molar-refractivity contribution in [1.29, 1.82) is 0 Å². The van der Waals surface area contributed by atoms with Crippen LogP contribution in [0.25, 0.3) is 0 Å². The number of nitrogens with one attached hydrogen (secondary N) is 1. The van der Waals surface area contributed by atoms with E-state index in [-0.39, 0.29) is 18.3 Å². The Balaban J connectivity index is 0.00000128. The highest BCUT2D eigenvalue weighted by Gasteiger charge is 2.30. The van der Waals surface area contributed by atoms with Crippen molar-refractivity contribution in [1.82, 2.24) is 10.2 Å². The Morgan fingerprint density at radius 2 is 2.06 bits per heavy atom. The van der Waals surface area contributed by atoms with Crippen LogP contribution in [0.5, 0.6) is 0 Å². The van der Waals surface area contributed by atoms with Crippen LogP contribution in [0.3, 0.4) is 0 Å². The Morgan fingerprint density at radius 3 is 2.62 bits per heavy atom. The highest BCUT2D eigenvalue weighted by molar-refractivity contribution is 5.85. The molecule has 0 saturated carbocycles. The Kier molecular flexibility index (Phi) is 5.56. The molecule has 0 radical (unpaired) electrons. The summed E-state index contributed by atoms with van der Waals surface area (Å²) in [6.07, 6.45) is 4.99. The Labute approximate surface area is 104 Å². The lowest BCUT2D eigenvalue weighted by atomic mass is 9.98. The maximum absolute atomic E-state index is 12.0. The van der Waals surface area contributed by atoms with Crippen molar-refractivity contribution in [2.45, 2.75) is 32.6 Å². The molecule has 2 heterocycles. The molecule has 0 aromatic carbocycles. The molecule has 1 N–H and O–H groups in total. The average Bonchev–Trinajstić information content (AvgIpc) is 2.39. The van der Waals surface area contributed by atoms with Gasteiger partial charge in [0.15, 0.2) is 0 Å². The fraction of sp³-hybridized carbons (Fsp3) is 0.917. The number of hydrogen-bond acceptors (Lipinski definition) is 2. The lowest BCUT2D eigenvalue weighted by Gasteiger charge is -2.31. The van der Waals surface area contributed by atoms with E-state index in [2.05, 4.69) is 17.1 Å². The highest BCUT2D eigenvalue weighted by Crippen LogP contribution is 2.21. The first kappa shape index (κ1) is 13.8. The van der Waals surface area contributed by atoms with Crippen LogP contribution in [-0.2, 0) is 4.79 Å². The zero-order chi connectivity index (χ0) is 10.7. The van der Waals surface area contributed by atoms with E-state index in [1.54, 1.807) is 0 Å². The molecule has 2 aliphatic heterocycles. The van der Waals surface area contributed by atoms with Gasteiger partial charge in [-0.3, -0.25) is 4.79 Å². The van der Waals surface area contributed by atoms with Crippen LogP contribution in [0.2, 0.25) is 0 Å². The summed E-state index contributed by atoms with van der Waals surface area (Å²) in [5, 5.41) is 3.17. The van der Waals surface area contributed by atoms with Crippen molar-refractivity contribution in [3.63, 3.8) is 0 Å². The molecule has 0 aliphatic carbocycles. The van der Waals surface area contributed by atoms with E-state index in [0.717, 1.165) is 32.1 Å². The fourth-order valence-corrected chi connectivity index (χ4v) is 2.52. The summed E-state index contributed by atoms with van der Waals surface area (Å²) < 4.78 is 0. The molecule has 0 aromatic heterocycles. The summed E-state index contributed by atoms with van der Waals surface area (Å²) in [4.78, 5) is 14.1. The van der Waals surface area contributed by atoms with Gasteiger partial charge in [-0.15, -0.1) is 12.4 Å². The number of halogens is 1. The minimum Gasteiger partial charge on any atom is -0.342 e. The molecule has 1 unspecified atom stereocenters. The van der Waals surface area contributed by atoms with Gasteiger partial charge in [-0.1, -0.05) is 13.3 Å².